The van der Waals surface area contributed by atoms with E-state index in [4.69, 9.17) is 4.74 Å². The third kappa shape index (κ3) is 4.59. The first-order valence-corrected chi connectivity index (χ1v) is 11.0. The zero-order chi connectivity index (χ0) is 24.2. The predicted octanol–water partition coefficient (Wildman–Crippen LogP) is 4.15. The van der Waals surface area contributed by atoms with Crippen molar-refractivity contribution >= 4 is 29.4 Å². The molecule has 1 N–H and O–H groups in total. The molecule has 1 aliphatic rings. The minimum Gasteiger partial charge on any atom is -0.452 e. The van der Waals surface area contributed by atoms with E-state index >= 15 is 0 Å². The van der Waals surface area contributed by atoms with Crippen molar-refractivity contribution in [3.63, 3.8) is 0 Å². The molecule has 3 aromatic carbocycles. The lowest BCUT2D eigenvalue weighted by molar-refractivity contribution is -0.119. The molecule has 0 fully saturated rings. The van der Waals surface area contributed by atoms with Crippen LogP contribution in [0.3, 0.4) is 0 Å². The first-order chi connectivity index (χ1) is 16.4. The molecule has 0 unspecified atom stereocenters. The van der Waals surface area contributed by atoms with E-state index in [1.807, 2.05) is 32.0 Å². The van der Waals surface area contributed by atoms with Crippen LogP contribution in [-0.4, -0.2) is 35.2 Å². The SMILES string of the molecule is CCc1cccc(C)c1NC(=O)COC(=O)c1cccc(CN2C(=O)c3ccccc3C2=O)c1. The van der Waals surface area contributed by atoms with Crippen LogP contribution in [0, 0.1) is 6.92 Å². The van der Waals surface area contributed by atoms with Crippen LogP contribution < -0.4 is 5.32 Å². The van der Waals surface area contributed by atoms with Crippen molar-refractivity contribution in [2.75, 3.05) is 11.9 Å². The number of imide groups is 1. The lowest BCUT2D eigenvalue weighted by Gasteiger charge is -2.15. The molecule has 0 aliphatic carbocycles. The Labute approximate surface area is 197 Å². The second-order valence-corrected chi connectivity index (χ2v) is 8.03. The van der Waals surface area contributed by atoms with Crippen molar-refractivity contribution in [1.29, 1.82) is 0 Å². The highest BCUT2D eigenvalue weighted by molar-refractivity contribution is 6.21. The van der Waals surface area contributed by atoms with Crippen molar-refractivity contribution < 1.29 is 23.9 Å². The van der Waals surface area contributed by atoms with Crippen LogP contribution in [0.2, 0.25) is 0 Å². The van der Waals surface area contributed by atoms with Gasteiger partial charge in [-0.25, -0.2) is 4.79 Å². The number of benzene rings is 3. The fourth-order valence-electron chi connectivity index (χ4n) is 3.95. The molecule has 1 heterocycles. The first kappa shape index (κ1) is 22.9. The maximum absolute atomic E-state index is 12.6. The standard InChI is InChI=1S/C27H24N2O5/c1-3-19-10-6-8-17(2)24(19)28-23(30)16-34-27(33)20-11-7-9-18(14-20)15-29-25(31)21-12-4-5-13-22(21)26(29)32/h4-14H,3,15-16H2,1-2H3,(H,28,30). The van der Waals surface area contributed by atoms with Crippen molar-refractivity contribution in [1.82, 2.24) is 4.90 Å². The monoisotopic (exact) mass is 456 g/mol. The van der Waals surface area contributed by atoms with Crippen molar-refractivity contribution in [2.45, 2.75) is 26.8 Å². The number of rotatable bonds is 7. The van der Waals surface area contributed by atoms with Gasteiger partial charge in [-0.3, -0.25) is 19.3 Å². The summed E-state index contributed by atoms with van der Waals surface area (Å²) in [4.78, 5) is 51.3. The molecule has 0 saturated carbocycles. The van der Waals surface area contributed by atoms with E-state index in [2.05, 4.69) is 5.32 Å². The number of hydrogen-bond acceptors (Lipinski definition) is 5. The summed E-state index contributed by atoms with van der Waals surface area (Å²) in [6, 6.07) is 18.9. The predicted molar refractivity (Wildman–Crippen MR) is 127 cm³/mol. The number of hydrogen-bond donors (Lipinski definition) is 1. The Morgan fingerprint density at radius 1 is 0.912 bits per heavy atom. The van der Waals surface area contributed by atoms with Crippen LogP contribution in [0.15, 0.2) is 66.7 Å². The fourth-order valence-corrected chi connectivity index (χ4v) is 3.95. The van der Waals surface area contributed by atoms with Crippen molar-refractivity contribution in [3.8, 4) is 0 Å². The number of anilines is 1. The van der Waals surface area contributed by atoms with Gasteiger partial charge in [-0.15, -0.1) is 0 Å². The summed E-state index contributed by atoms with van der Waals surface area (Å²) in [5.41, 5.74) is 4.23. The maximum Gasteiger partial charge on any atom is 0.338 e. The van der Waals surface area contributed by atoms with E-state index < -0.39 is 18.5 Å². The molecule has 3 amide bonds. The van der Waals surface area contributed by atoms with E-state index in [1.165, 1.54) is 0 Å². The van der Waals surface area contributed by atoms with Gasteiger partial charge in [0.1, 0.15) is 0 Å². The Morgan fingerprint density at radius 2 is 1.59 bits per heavy atom. The number of para-hydroxylation sites is 1. The summed E-state index contributed by atoms with van der Waals surface area (Å²) in [6.07, 6.45) is 0.761. The third-order valence-electron chi connectivity index (χ3n) is 5.72. The topological polar surface area (TPSA) is 92.8 Å². The molecule has 0 radical (unpaired) electrons. The molecule has 0 spiro atoms. The number of ether oxygens (including phenoxy) is 1. The second-order valence-electron chi connectivity index (χ2n) is 8.03. The van der Waals surface area contributed by atoms with Crippen LogP contribution in [-0.2, 0) is 22.5 Å². The normalized spacial score (nSPS) is 12.5. The summed E-state index contributed by atoms with van der Waals surface area (Å²) >= 11 is 0. The van der Waals surface area contributed by atoms with Gasteiger partial charge in [0.25, 0.3) is 17.7 Å². The Balaban J connectivity index is 1.39. The Hall–Kier alpha value is -4.26. The quantitative estimate of drug-likeness (QED) is 0.426. The zero-order valence-corrected chi connectivity index (χ0v) is 19.0. The summed E-state index contributed by atoms with van der Waals surface area (Å²) in [5, 5.41) is 2.82. The highest BCUT2D eigenvalue weighted by Gasteiger charge is 2.35. The van der Waals surface area contributed by atoms with Gasteiger partial charge in [-0.2, -0.15) is 0 Å². The smallest absolute Gasteiger partial charge is 0.338 e. The average molecular weight is 456 g/mol. The molecule has 7 heteroatoms. The van der Waals surface area contributed by atoms with Gasteiger partial charge >= 0.3 is 5.97 Å². The fraction of sp³-hybridized carbons (Fsp3) is 0.185. The first-order valence-electron chi connectivity index (χ1n) is 11.0. The number of amides is 3. The minimum atomic E-state index is -0.667. The van der Waals surface area contributed by atoms with Crippen molar-refractivity contribution in [3.05, 3.63) is 100 Å². The number of fused-ring (bicyclic) bond motifs is 1. The number of carbonyl (C=O) groups is 4. The molecule has 1 aliphatic heterocycles. The number of esters is 1. The van der Waals surface area contributed by atoms with Gasteiger partial charge < -0.3 is 10.1 Å². The van der Waals surface area contributed by atoms with Crippen LogP contribution in [0.4, 0.5) is 5.69 Å². The minimum absolute atomic E-state index is 0.0288. The lowest BCUT2D eigenvalue weighted by atomic mass is 10.1. The number of nitrogens with zero attached hydrogens (tertiary/aromatic N) is 1. The van der Waals surface area contributed by atoms with Gasteiger partial charge in [0.2, 0.25) is 0 Å². The number of carbonyl (C=O) groups excluding carboxylic acids is 4. The molecule has 0 atom stereocenters. The van der Waals surface area contributed by atoms with Gasteiger partial charge in [0.05, 0.1) is 23.2 Å². The van der Waals surface area contributed by atoms with Crippen LogP contribution in [0.1, 0.15) is 54.7 Å². The molecule has 34 heavy (non-hydrogen) atoms. The highest BCUT2D eigenvalue weighted by atomic mass is 16.5. The average Bonchev–Trinajstić information content (AvgIpc) is 3.09. The van der Waals surface area contributed by atoms with E-state index in [1.54, 1.807) is 48.5 Å². The largest absolute Gasteiger partial charge is 0.452 e. The summed E-state index contributed by atoms with van der Waals surface area (Å²) < 4.78 is 5.19. The Morgan fingerprint density at radius 3 is 2.26 bits per heavy atom. The highest BCUT2D eigenvalue weighted by Crippen LogP contribution is 2.25. The molecular formula is C27H24N2O5. The Bertz CT molecular complexity index is 1260. The van der Waals surface area contributed by atoms with Gasteiger partial charge in [-0.05, 0) is 54.3 Å². The van der Waals surface area contributed by atoms with Gasteiger partial charge in [-0.1, -0.05) is 49.4 Å². The molecular weight excluding hydrogens is 432 g/mol. The van der Waals surface area contributed by atoms with E-state index in [0.717, 1.165) is 28.1 Å². The van der Waals surface area contributed by atoms with Crippen molar-refractivity contribution in [2.24, 2.45) is 0 Å². The van der Waals surface area contributed by atoms with Crippen LogP contribution >= 0.6 is 0 Å². The maximum atomic E-state index is 12.6. The van der Waals surface area contributed by atoms with Gasteiger partial charge in [0, 0.05) is 5.69 Å². The summed E-state index contributed by atoms with van der Waals surface area (Å²) in [7, 11) is 0. The molecule has 172 valence electrons. The summed E-state index contributed by atoms with van der Waals surface area (Å²) in [6.45, 7) is 3.50. The number of aryl methyl sites for hydroxylation is 2. The Kier molecular flexibility index (Phi) is 6.54. The van der Waals surface area contributed by atoms with Crippen LogP contribution in [0.25, 0.3) is 0 Å². The van der Waals surface area contributed by atoms with Crippen LogP contribution in [0.5, 0.6) is 0 Å². The van der Waals surface area contributed by atoms with E-state index in [-0.39, 0.29) is 23.9 Å². The molecule has 0 bridgehead atoms. The zero-order valence-electron chi connectivity index (χ0n) is 19.0. The van der Waals surface area contributed by atoms with E-state index in [9.17, 15) is 19.2 Å². The molecule has 0 saturated heterocycles. The van der Waals surface area contributed by atoms with E-state index in [0.29, 0.717) is 16.7 Å². The third-order valence-corrected chi connectivity index (χ3v) is 5.72. The summed E-state index contributed by atoms with van der Waals surface area (Å²) in [5.74, 6) is -1.83. The van der Waals surface area contributed by atoms with Gasteiger partial charge in [0.15, 0.2) is 6.61 Å². The molecule has 3 aromatic rings. The molecule has 0 aromatic heterocycles. The lowest BCUT2D eigenvalue weighted by Crippen LogP contribution is -2.29. The molecule has 7 nitrogen and oxygen atoms in total. The second kappa shape index (κ2) is 9.70. The number of nitrogens with one attached hydrogen (secondary N) is 1. The molecule has 4 rings (SSSR count).